The normalized spacial score (nSPS) is 19.8. The molecular formula is C21H26ClFN4O2. The number of halogens is 2. The number of nitrogens with one attached hydrogen (secondary N) is 2. The Hall–Kier alpha value is -2.48. The molecule has 1 heterocycles. The Labute approximate surface area is 176 Å². The summed E-state index contributed by atoms with van der Waals surface area (Å²) in [5, 5.41) is 4.65. The van der Waals surface area contributed by atoms with E-state index in [-0.39, 0.29) is 29.9 Å². The van der Waals surface area contributed by atoms with E-state index in [1.807, 2.05) is 23.1 Å². The number of imide groups is 1. The van der Waals surface area contributed by atoms with E-state index in [2.05, 4.69) is 22.8 Å². The molecule has 1 unspecified atom stereocenters. The van der Waals surface area contributed by atoms with Gasteiger partial charge in [-0.25, -0.2) is 9.18 Å². The third kappa shape index (κ3) is 5.53. The van der Waals surface area contributed by atoms with E-state index in [4.69, 9.17) is 5.73 Å². The maximum Gasteiger partial charge on any atom is 0.326 e. The molecule has 1 fully saturated rings. The van der Waals surface area contributed by atoms with Crippen LogP contribution in [0, 0.1) is 11.7 Å². The van der Waals surface area contributed by atoms with Crippen molar-refractivity contribution in [3.63, 3.8) is 0 Å². The van der Waals surface area contributed by atoms with Crippen LogP contribution in [0.25, 0.3) is 0 Å². The number of carbonyl (C=O) groups excluding carboxylic acids is 2. The average molecular weight is 421 g/mol. The Morgan fingerprint density at radius 2 is 1.79 bits per heavy atom. The number of amides is 3. The van der Waals surface area contributed by atoms with Crippen LogP contribution in [0.5, 0.6) is 0 Å². The fourth-order valence-electron chi connectivity index (χ4n) is 3.64. The van der Waals surface area contributed by atoms with Crippen molar-refractivity contribution in [3.05, 3.63) is 66.0 Å². The summed E-state index contributed by atoms with van der Waals surface area (Å²) in [6.45, 7) is 3.65. The van der Waals surface area contributed by atoms with Gasteiger partial charge in [0.15, 0.2) is 0 Å². The Kier molecular flexibility index (Phi) is 8.13. The Morgan fingerprint density at radius 3 is 2.45 bits per heavy atom. The van der Waals surface area contributed by atoms with Crippen molar-refractivity contribution in [2.24, 2.45) is 11.7 Å². The van der Waals surface area contributed by atoms with E-state index in [0.29, 0.717) is 19.6 Å². The second-order valence-corrected chi connectivity index (χ2v) is 7.07. The molecule has 4 N–H and O–H groups in total. The maximum atomic E-state index is 13.6. The van der Waals surface area contributed by atoms with Crippen LogP contribution in [0.3, 0.4) is 0 Å². The van der Waals surface area contributed by atoms with Crippen molar-refractivity contribution in [2.45, 2.75) is 18.9 Å². The molecule has 156 valence electrons. The monoisotopic (exact) mass is 420 g/mol. The minimum Gasteiger partial charge on any atom is -0.330 e. The van der Waals surface area contributed by atoms with Crippen LogP contribution in [-0.4, -0.2) is 42.5 Å². The first-order chi connectivity index (χ1) is 13.5. The number of nitrogens with two attached hydrogens (primary N) is 1. The molecule has 0 bridgehead atoms. The van der Waals surface area contributed by atoms with Crippen LogP contribution in [0.15, 0.2) is 54.6 Å². The van der Waals surface area contributed by atoms with Crippen molar-refractivity contribution >= 4 is 30.0 Å². The molecule has 0 spiro atoms. The molecule has 1 aliphatic heterocycles. The lowest BCUT2D eigenvalue weighted by molar-refractivity contribution is -0.124. The molecule has 1 saturated heterocycles. The van der Waals surface area contributed by atoms with Gasteiger partial charge in [-0.2, -0.15) is 0 Å². The standard InChI is InChI=1S/C21H25FN4O2.ClH/c1-14(20(27)25-21(28)24-19-10-6-5-9-18(19)22)26-12-16(11-23)17(13-26)15-7-3-2-4-8-15;/h2-10,14,16-17H,11-13,23H2,1H3,(H2,24,25,27,28);1H/t14?,16-,17+;/m1./s1. The molecule has 29 heavy (non-hydrogen) atoms. The molecule has 3 amide bonds. The Morgan fingerprint density at radius 1 is 1.14 bits per heavy atom. The van der Waals surface area contributed by atoms with Crippen molar-refractivity contribution < 1.29 is 14.0 Å². The summed E-state index contributed by atoms with van der Waals surface area (Å²) in [6.07, 6.45) is 0. The fourth-order valence-corrected chi connectivity index (χ4v) is 3.64. The number of urea groups is 1. The predicted molar refractivity (Wildman–Crippen MR) is 114 cm³/mol. The minimum atomic E-state index is -0.754. The number of hydrogen-bond donors (Lipinski definition) is 3. The molecule has 0 saturated carbocycles. The highest BCUT2D eigenvalue weighted by Gasteiger charge is 2.37. The summed E-state index contributed by atoms with van der Waals surface area (Å²) in [7, 11) is 0. The molecule has 8 heteroatoms. The molecule has 2 aromatic carbocycles. The van der Waals surface area contributed by atoms with Gasteiger partial charge >= 0.3 is 6.03 Å². The average Bonchev–Trinajstić information content (AvgIpc) is 3.14. The summed E-state index contributed by atoms with van der Waals surface area (Å²) in [6, 6.07) is 14.6. The summed E-state index contributed by atoms with van der Waals surface area (Å²) in [5.41, 5.74) is 7.18. The zero-order valence-corrected chi connectivity index (χ0v) is 17.0. The van der Waals surface area contributed by atoms with Crippen molar-refractivity contribution in [2.75, 3.05) is 25.0 Å². The lowest BCUT2D eigenvalue weighted by atomic mass is 9.89. The van der Waals surface area contributed by atoms with Gasteiger partial charge in [0, 0.05) is 19.0 Å². The van der Waals surface area contributed by atoms with Gasteiger partial charge in [0.2, 0.25) is 5.91 Å². The minimum absolute atomic E-state index is 0. The summed E-state index contributed by atoms with van der Waals surface area (Å²) < 4.78 is 13.6. The predicted octanol–water partition coefficient (Wildman–Crippen LogP) is 2.96. The molecule has 3 atom stereocenters. The molecule has 0 radical (unpaired) electrons. The van der Waals surface area contributed by atoms with Gasteiger partial charge in [-0.05, 0) is 37.1 Å². The van der Waals surface area contributed by atoms with E-state index in [1.54, 1.807) is 13.0 Å². The van der Waals surface area contributed by atoms with Gasteiger partial charge in [0.1, 0.15) is 5.82 Å². The third-order valence-electron chi connectivity index (χ3n) is 5.29. The molecular weight excluding hydrogens is 395 g/mol. The highest BCUT2D eigenvalue weighted by atomic mass is 35.5. The van der Waals surface area contributed by atoms with E-state index in [1.165, 1.54) is 23.8 Å². The van der Waals surface area contributed by atoms with E-state index < -0.39 is 23.8 Å². The molecule has 0 aromatic heterocycles. The fraction of sp³-hybridized carbons (Fsp3) is 0.333. The number of likely N-dealkylation sites (tertiary alicyclic amines) is 1. The second kappa shape index (κ2) is 10.3. The zero-order chi connectivity index (χ0) is 20.1. The zero-order valence-electron chi connectivity index (χ0n) is 16.2. The van der Waals surface area contributed by atoms with Gasteiger partial charge in [0.05, 0.1) is 11.7 Å². The Balaban J connectivity index is 0.00000300. The van der Waals surface area contributed by atoms with Crippen LogP contribution in [0.2, 0.25) is 0 Å². The first kappa shape index (κ1) is 22.8. The van der Waals surface area contributed by atoms with E-state index in [0.717, 1.165) is 0 Å². The summed E-state index contributed by atoms with van der Waals surface area (Å²) in [5.74, 6) is -0.508. The van der Waals surface area contributed by atoms with Crippen molar-refractivity contribution in [1.82, 2.24) is 10.2 Å². The highest BCUT2D eigenvalue weighted by Crippen LogP contribution is 2.33. The lowest BCUT2D eigenvalue weighted by Gasteiger charge is -2.23. The van der Waals surface area contributed by atoms with Gasteiger partial charge < -0.3 is 11.1 Å². The van der Waals surface area contributed by atoms with Crippen LogP contribution in [0.1, 0.15) is 18.4 Å². The van der Waals surface area contributed by atoms with E-state index >= 15 is 0 Å². The van der Waals surface area contributed by atoms with Crippen molar-refractivity contribution in [1.29, 1.82) is 0 Å². The Bertz CT molecular complexity index is 836. The van der Waals surface area contributed by atoms with Crippen LogP contribution < -0.4 is 16.4 Å². The smallest absolute Gasteiger partial charge is 0.326 e. The maximum absolute atomic E-state index is 13.6. The molecule has 2 aromatic rings. The molecule has 3 rings (SSSR count). The van der Waals surface area contributed by atoms with Gasteiger partial charge in [-0.3, -0.25) is 15.0 Å². The molecule has 1 aliphatic rings. The summed E-state index contributed by atoms with van der Waals surface area (Å²) >= 11 is 0. The second-order valence-electron chi connectivity index (χ2n) is 7.07. The van der Waals surface area contributed by atoms with Gasteiger partial charge in [-0.15, -0.1) is 12.4 Å². The molecule has 0 aliphatic carbocycles. The number of carbonyl (C=O) groups is 2. The van der Waals surface area contributed by atoms with Crippen LogP contribution in [0.4, 0.5) is 14.9 Å². The largest absolute Gasteiger partial charge is 0.330 e. The number of para-hydroxylation sites is 1. The number of rotatable bonds is 5. The number of benzene rings is 2. The third-order valence-corrected chi connectivity index (χ3v) is 5.29. The van der Waals surface area contributed by atoms with E-state index in [9.17, 15) is 14.0 Å². The topological polar surface area (TPSA) is 87.5 Å². The number of anilines is 1. The molecule has 6 nitrogen and oxygen atoms in total. The van der Waals surface area contributed by atoms with Gasteiger partial charge in [-0.1, -0.05) is 42.5 Å². The first-order valence-corrected chi connectivity index (χ1v) is 9.35. The first-order valence-electron chi connectivity index (χ1n) is 9.35. The SMILES string of the molecule is CC(C(=O)NC(=O)Nc1ccccc1F)N1C[C@@H](CN)[C@H](c2ccccc2)C1.Cl. The number of nitrogens with zero attached hydrogens (tertiary/aromatic N) is 1. The lowest BCUT2D eigenvalue weighted by Crippen LogP contribution is -2.47. The van der Waals surface area contributed by atoms with Gasteiger partial charge in [0.25, 0.3) is 0 Å². The van der Waals surface area contributed by atoms with Crippen LogP contribution in [-0.2, 0) is 4.79 Å². The number of hydrogen-bond acceptors (Lipinski definition) is 4. The highest BCUT2D eigenvalue weighted by molar-refractivity contribution is 6.02. The quantitative estimate of drug-likeness (QED) is 0.694. The summed E-state index contributed by atoms with van der Waals surface area (Å²) in [4.78, 5) is 26.6. The van der Waals surface area contributed by atoms with Crippen molar-refractivity contribution in [3.8, 4) is 0 Å². The van der Waals surface area contributed by atoms with Crippen LogP contribution >= 0.6 is 12.4 Å².